The molecular formula is C17H22N6O2. The summed E-state index contributed by atoms with van der Waals surface area (Å²) in [6.07, 6.45) is 7.40. The Hall–Kier alpha value is -2.90. The number of pyridine rings is 1. The van der Waals surface area contributed by atoms with E-state index in [0.717, 1.165) is 32.0 Å². The van der Waals surface area contributed by atoms with Gasteiger partial charge < -0.3 is 21.8 Å². The van der Waals surface area contributed by atoms with E-state index < -0.39 is 0 Å². The van der Waals surface area contributed by atoms with Gasteiger partial charge in [-0.05, 0) is 37.7 Å². The highest BCUT2D eigenvalue weighted by atomic mass is 16.1. The largest absolute Gasteiger partial charge is 0.370 e. The fraction of sp³-hybridized carbons (Fsp3) is 0.412. The van der Waals surface area contributed by atoms with Gasteiger partial charge in [0.15, 0.2) is 12.2 Å². The third-order valence-corrected chi connectivity index (χ3v) is 4.74. The van der Waals surface area contributed by atoms with Gasteiger partial charge in [-0.1, -0.05) is 0 Å². The summed E-state index contributed by atoms with van der Waals surface area (Å²) in [5.41, 5.74) is 12.4. The summed E-state index contributed by atoms with van der Waals surface area (Å²) in [7, 11) is 0. The van der Waals surface area contributed by atoms with Crippen molar-refractivity contribution in [1.82, 2.24) is 9.97 Å². The molecule has 0 saturated heterocycles. The topological polar surface area (TPSA) is 139 Å². The summed E-state index contributed by atoms with van der Waals surface area (Å²) in [5, 5.41) is 3.60. The van der Waals surface area contributed by atoms with Gasteiger partial charge in [-0.3, -0.25) is 14.6 Å². The molecule has 0 radical (unpaired) electrons. The number of guanidine groups is 1. The van der Waals surface area contributed by atoms with Gasteiger partial charge in [0.25, 0.3) is 0 Å². The van der Waals surface area contributed by atoms with Crippen molar-refractivity contribution >= 4 is 34.9 Å². The van der Waals surface area contributed by atoms with E-state index in [1.54, 1.807) is 18.5 Å². The van der Waals surface area contributed by atoms with E-state index >= 15 is 0 Å². The van der Waals surface area contributed by atoms with E-state index in [0.29, 0.717) is 34.7 Å². The molecule has 2 aromatic heterocycles. The number of aliphatic imine (C=N–C) groups is 1. The van der Waals surface area contributed by atoms with Crippen LogP contribution in [0.2, 0.25) is 0 Å². The summed E-state index contributed by atoms with van der Waals surface area (Å²) in [6, 6.07) is 1.71. The molecule has 1 saturated carbocycles. The van der Waals surface area contributed by atoms with Gasteiger partial charge in [0.2, 0.25) is 5.91 Å². The average Bonchev–Trinajstić information content (AvgIpc) is 3.04. The summed E-state index contributed by atoms with van der Waals surface area (Å²) >= 11 is 0. The lowest BCUT2D eigenvalue weighted by atomic mass is 9.81. The van der Waals surface area contributed by atoms with Crippen molar-refractivity contribution in [3.63, 3.8) is 0 Å². The lowest BCUT2D eigenvalue weighted by Gasteiger charge is -2.26. The summed E-state index contributed by atoms with van der Waals surface area (Å²) in [6.45, 7) is 0.619. The Morgan fingerprint density at radius 3 is 2.80 bits per heavy atom. The lowest BCUT2D eigenvalue weighted by molar-refractivity contribution is -0.121. The second-order valence-corrected chi connectivity index (χ2v) is 6.42. The number of nitrogens with two attached hydrogens (primary N) is 2. The number of aromatic nitrogens is 2. The van der Waals surface area contributed by atoms with Crippen molar-refractivity contribution in [2.24, 2.45) is 28.3 Å². The number of carbonyl (C=O) groups excluding carboxylic acids is 2. The predicted molar refractivity (Wildman–Crippen MR) is 96.2 cm³/mol. The van der Waals surface area contributed by atoms with Gasteiger partial charge in [0.05, 0.1) is 11.1 Å². The molecule has 2 heterocycles. The Kier molecular flexibility index (Phi) is 4.97. The Morgan fingerprint density at radius 2 is 2.12 bits per heavy atom. The molecule has 25 heavy (non-hydrogen) atoms. The van der Waals surface area contributed by atoms with Gasteiger partial charge in [0, 0.05) is 30.4 Å². The van der Waals surface area contributed by atoms with Crippen LogP contribution in [0.25, 0.3) is 11.0 Å². The minimum Gasteiger partial charge on any atom is -0.370 e. The number of anilines is 1. The van der Waals surface area contributed by atoms with Crippen LogP contribution in [-0.4, -0.2) is 34.7 Å². The smallest absolute Gasteiger partial charge is 0.227 e. The molecule has 1 amide bonds. The lowest BCUT2D eigenvalue weighted by Crippen LogP contribution is -2.29. The zero-order valence-electron chi connectivity index (χ0n) is 13.9. The van der Waals surface area contributed by atoms with Crippen LogP contribution >= 0.6 is 0 Å². The molecule has 0 aromatic carbocycles. The summed E-state index contributed by atoms with van der Waals surface area (Å²) in [5.74, 6) is 0.465. The minimum atomic E-state index is -0.0442. The average molecular weight is 342 g/mol. The third kappa shape index (κ3) is 3.78. The van der Waals surface area contributed by atoms with Gasteiger partial charge in [-0.15, -0.1) is 0 Å². The molecule has 3 rings (SSSR count). The molecule has 0 unspecified atom stereocenters. The minimum absolute atomic E-state index is 0.0224. The van der Waals surface area contributed by atoms with E-state index in [1.165, 1.54) is 0 Å². The molecule has 0 atom stereocenters. The quantitative estimate of drug-likeness (QED) is 0.369. The molecule has 1 aliphatic rings. The first kappa shape index (κ1) is 16.9. The number of rotatable bonds is 5. The molecule has 8 heteroatoms. The maximum Gasteiger partial charge on any atom is 0.227 e. The first-order chi connectivity index (χ1) is 12.1. The second kappa shape index (κ2) is 7.33. The van der Waals surface area contributed by atoms with Crippen molar-refractivity contribution in [3.05, 3.63) is 24.0 Å². The van der Waals surface area contributed by atoms with E-state index in [-0.39, 0.29) is 17.8 Å². The Bertz CT molecular complexity index is 801. The maximum atomic E-state index is 12.6. The van der Waals surface area contributed by atoms with Crippen LogP contribution in [0, 0.1) is 11.8 Å². The number of carbonyl (C=O) groups is 2. The van der Waals surface area contributed by atoms with Crippen molar-refractivity contribution < 1.29 is 9.59 Å². The highest BCUT2D eigenvalue weighted by Crippen LogP contribution is 2.31. The monoisotopic (exact) mass is 342 g/mol. The number of hydrogen-bond acceptors (Lipinski definition) is 4. The standard InChI is InChI=1S/C17H22N6O2/c18-17(19)22-7-10-1-3-11(4-2-10)16(25)23-13-5-6-20-15-14(13)12(9-24)8-21-15/h5-6,8-11H,1-4,7H2,(H4,18,19,22)(H2,20,21,23,25). The van der Waals surface area contributed by atoms with Gasteiger partial charge in [-0.2, -0.15) is 0 Å². The number of H-pyrrole nitrogens is 1. The third-order valence-electron chi connectivity index (χ3n) is 4.74. The number of nitrogens with zero attached hydrogens (tertiary/aromatic N) is 2. The highest BCUT2D eigenvalue weighted by molar-refractivity contribution is 6.07. The van der Waals surface area contributed by atoms with Crippen LogP contribution in [0.5, 0.6) is 0 Å². The van der Waals surface area contributed by atoms with E-state index in [1.807, 2.05) is 0 Å². The van der Waals surface area contributed by atoms with Crippen LogP contribution in [-0.2, 0) is 4.79 Å². The molecule has 0 aliphatic heterocycles. The molecule has 1 fully saturated rings. The summed E-state index contributed by atoms with van der Waals surface area (Å²) in [4.78, 5) is 35.0. The van der Waals surface area contributed by atoms with Gasteiger partial charge in [0.1, 0.15) is 5.65 Å². The van der Waals surface area contributed by atoms with E-state index in [4.69, 9.17) is 11.5 Å². The predicted octanol–water partition coefficient (Wildman–Crippen LogP) is 1.39. The van der Waals surface area contributed by atoms with Crippen LogP contribution in [0.15, 0.2) is 23.5 Å². The molecule has 2 aromatic rings. The molecule has 0 spiro atoms. The molecule has 132 valence electrons. The number of aldehydes is 1. The molecule has 8 nitrogen and oxygen atoms in total. The fourth-order valence-corrected chi connectivity index (χ4v) is 3.36. The number of amides is 1. The number of nitrogens with one attached hydrogen (secondary N) is 2. The first-order valence-electron chi connectivity index (χ1n) is 8.36. The van der Waals surface area contributed by atoms with E-state index in [2.05, 4.69) is 20.3 Å². The Morgan fingerprint density at radius 1 is 1.36 bits per heavy atom. The normalized spacial score (nSPS) is 20.2. The number of hydrogen-bond donors (Lipinski definition) is 4. The first-order valence-corrected chi connectivity index (χ1v) is 8.36. The van der Waals surface area contributed by atoms with Crippen molar-refractivity contribution in [2.75, 3.05) is 11.9 Å². The maximum absolute atomic E-state index is 12.6. The molecule has 6 N–H and O–H groups in total. The molecule has 0 bridgehead atoms. The van der Waals surface area contributed by atoms with Crippen LogP contribution in [0.1, 0.15) is 36.0 Å². The Balaban J connectivity index is 1.65. The van der Waals surface area contributed by atoms with Crippen LogP contribution < -0.4 is 16.8 Å². The van der Waals surface area contributed by atoms with E-state index in [9.17, 15) is 9.59 Å². The Labute approximate surface area is 145 Å². The van der Waals surface area contributed by atoms with Gasteiger partial charge in [-0.25, -0.2) is 4.98 Å². The molecule has 1 aliphatic carbocycles. The van der Waals surface area contributed by atoms with Gasteiger partial charge >= 0.3 is 0 Å². The highest BCUT2D eigenvalue weighted by Gasteiger charge is 2.26. The van der Waals surface area contributed by atoms with Crippen molar-refractivity contribution in [1.29, 1.82) is 0 Å². The zero-order chi connectivity index (χ0) is 17.8. The zero-order valence-corrected chi connectivity index (χ0v) is 13.9. The number of aromatic amines is 1. The van der Waals surface area contributed by atoms with Crippen molar-refractivity contribution in [2.45, 2.75) is 25.7 Å². The number of fused-ring (bicyclic) bond motifs is 1. The van der Waals surface area contributed by atoms with Crippen molar-refractivity contribution in [3.8, 4) is 0 Å². The fourth-order valence-electron chi connectivity index (χ4n) is 3.36. The van der Waals surface area contributed by atoms with Crippen LogP contribution in [0.3, 0.4) is 0 Å². The SMILES string of the molecule is NC(N)=NCC1CCC(C(=O)Nc2ccnc3[nH]cc(C=O)c23)CC1. The summed E-state index contributed by atoms with van der Waals surface area (Å²) < 4.78 is 0. The molecular weight excluding hydrogens is 320 g/mol. The second-order valence-electron chi connectivity index (χ2n) is 6.42. The van der Waals surface area contributed by atoms with Crippen LogP contribution in [0.4, 0.5) is 5.69 Å².